The first-order chi connectivity index (χ1) is 14.4. The van der Waals surface area contributed by atoms with E-state index >= 15 is 0 Å². The zero-order chi connectivity index (χ0) is 21.4. The molecule has 0 radical (unpaired) electrons. The average molecular weight is 432 g/mol. The van der Waals surface area contributed by atoms with Crippen molar-refractivity contribution in [3.8, 4) is 0 Å². The molecule has 2 atom stereocenters. The lowest BCUT2D eigenvalue weighted by molar-refractivity contribution is -0.144. The molecule has 2 aromatic rings. The fourth-order valence-electron chi connectivity index (χ4n) is 5.06. The van der Waals surface area contributed by atoms with Crippen molar-refractivity contribution in [1.82, 2.24) is 9.66 Å². The molecule has 2 unspecified atom stereocenters. The van der Waals surface area contributed by atoms with Gasteiger partial charge in [0.25, 0.3) is 10.0 Å². The predicted molar refractivity (Wildman–Crippen MR) is 113 cm³/mol. The van der Waals surface area contributed by atoms with Crippen LogP contribution in [0.3, 0.4) is 0 Å². The first-order valence-corrected chi connectivity index (χ1v) is 12.1. The van der Waals surface area contributed by atoms with Crippen LogP contribution in [0.5, 0.6) is 0 Å². The fraction of sp³-hybridized carbons (Fsp3) is 0.545. The van der Waals surface area contributed by atoms with Gasteiger partial charge in [-0.2, -0.15) is 8.42 Å². The summed E-state index contributed by atoms with van der Waals surface area (Å²) in [7, 11) is -2.31. The highest BCUT2D eigenvalue weighted by atomic mass is 32.2. The molecule has 0 spiro atoms. The van der Waals surface area contributed by atoms with Crippen LogP contribution in [0.15, 0.2) is 47.9 Å². The van der Waals surface area contributed by atoms with E-state index in [9.17, 15) is 13.2 Å². The number of carbonyl (C=O) groups is 1. The molecule has 8 heteroatoms. The van der Waals surface area contributed by atoms with E-state index < -0.39 is 15.4 Å². The minimum Gasteiger partial charge on any atom is -0.468 e. The van der Waals surface area contributed by atoms with Crippen molar-refractivity contribution in [2.75, 3.05) is 18.1 Å². The van der Waals surface area contributed by atoms with Gasteiger partial charge in [-0.3, -0.25) is 4.79 Å². The van der Waals surface area contributed by atoms with Crippen molar-refractivity contribution in [2.24, 2.45) is 11.8 Å². The number of esters is 1. The van der Waals surface area contributed by atoms with Gasteiger partial charge in [0, 0.05) is 12.4 Å². The number of rotatable bonds is 8. The number of hydrogen-bond acceptors (Lipinski definition) is 5. The molecule has 0 bridgehead atoms. The first kappa shape index (κ1) is 20.9. The molecule has 1 aromatic carbocycles. The Morgan fingerprint density at radius 3 is 2.53 bits per heavy atom. The zero-order valence-corrected chi connectivity index (χ0v) is 18.3. The van der Waals surface area contributed by atoms with Gasteiger partial charge in [-0.1, -0.05) is 44.7 Å². The van der Waals surface area contributed by atoms with Crippen molar-refractivity contribution in [3.05, 3.63) is 48.5 Å². The quantitative estimate of drug-likeness (QED) is 0.600. The van der Waals surface area contributed by atoms with Crippen LogP contribution in [0.1, 0.15) is 51.0 Å². The molecular weight excluding hydrogens is 402 g/mol. The molecule has 2 aliphatic rings. The Morgan fingerprint density at radius 2 is 1.97 bits per heavy atom. The van der Waals surface area contributed by atoms with E-state index in [0.29, 0.717) is 18.9 Å². The maximum absolute atomic E-state index is 13.2. The average Bonchev–Trinajstić information content (AvgIpc) is 3.13. The van der Waals surface area contributed by atoms with Crippen LogP contribution in [-0.2, 0) is 25.0 Å². The Labute approximate surface area is 178 Å². The minimum absolute atomic E-state index is 0.200. The van der Waals surface area contributed by atoms with E-state index in [1.807, 2.05) is 6.92 Å². The van der Waals surface area contributed by atoms with E-state index in [1.165, 1.54) is 35.4 Å². The van der Waals surface area contributed by atoms with Crippen LogP contribution in [0.2, 0.25) is 0 Å². The highest BCUT2D eigenvalue weighted by Crippen LogP contribution is 2.61. The SMILES string of the molecule is CCCN(n1ccnc1)S(=O)(=O)c1ccc(C2(C(=O)OC)CC2C2CCCC2)cc1. The summed E-state index contributed by atoms with van der Waals surface area (Å²) in [6, 6.07) is 6.80. The normalized spacial score (nSPS) is 24.0. The Morgan fingerprint density at radius 1 is 1.27 bits per heavy atom. The fourth-order valence-corrected chi connectivity index (χ4v) is 6.56. The van der Waals surface area contributed by atoms with Crippen molar-refractivity contribution < 1.29 is 17.9 Å². The Hall–Kier alpha value is -2.35. The van der Waals surface area contributed by atoms with E-state index in [4.69, 9.17) is 4.74 Å². The predicted octanol–water partition coefficient (Wildman–Crippen LogP) is 3.24. The molecule has 1 heterocycles. The van der Waals surface area contributed by atoms with Gasteiger partial charge >= 0.3 is 5.97 Å². The summed E-state index contributed by atoms with van der Waals surface area (Å²) >= 11 is 0. The second-order valence-electron chi connectivity index (χ2n) is 8.34. The van der Waals surface area contributed by atoms with Gasteiger partial charge in [0.2, 0.25) is 0 Å². The number of nitrogens with zero attached hydrogens (tertiary/aromatic N) is 3. The Balaban J connectivity index is 1.63. The topological polar surface area (TPSA) is 81.5 Å². The van der Waals surface area contributed by atoms with Gasteiger partial charge in [-0.25, -0.2) is 14.1 Å². The molecule has 4 rings (SSSR count). The third-order valence-corrected chi connectivity index (χ3v) is 8.43. The lowest BCUT2D eigenvalue weighted by Crippen LogP contribution is -2.40. The maximum Gasteiger partial charge on any atom is 0.316 e. The van der Waals surface area contributed by atoms with E-state index in [1.54, 1.807) is 36.7 Å². The lowest BCUT2D eigenvalue weighted by Gasteiger charge is -2.25. The van der Waals surface area contributed by atoms with Crippen molar-refractivity contribution in [1.29, 1.82) is 0 Å². The standard InChI is InChI=1S/C22H29N3O4S/c1-3-13-25(24-14-12-23-16-24)30(27,28)19-10-8-18(9-11-19)22(21(26)29-2)15-20(22)17-6-4-5-7-17/h8-12,14,16-17,20H,3-7,13,15H2,1-2H3. The number of hydrogen-bond donors (Lipinski definition) is 0. The van der Waals surface area contributed by atoms with Crippen LogP contribution < -0.4 is 4.41 Å². The molecule has 0 amide bonds. The number of methoxy groups -OCH3 is 1. The van der Waals surface area contributed by atoms with Crippen LogP contribution >= 0.6 is 0 Å². The van der Waals surface area contributed by atoms with E-state index in [0.717, 1.165) is 24.8 Å². The highest BCUT2D eigenvalue weighted by Gasteiger charge is 2.64. The number of ether oxygens (including phenoxy) is 1. The van der Waals surface area contributed by atoms with E-state index in [2.05, 4.69) is 4.98 Å². The summed E-state index contributed by atoms with van der Waals surface area (Å²) in [5.41, 5.74) is 0.231. The summed E-state index contributed by atoms with van der Waals surface area (Å²) in [5.74, 6) is 0.632. The summed E-state index contributed by atoms with van der Waals surface area (Å²) in [6.07, 6.45) is 10.9. The minimum atomic E-state index is -3.74. The van der Waals surface area contributed by atoms with Crippen molar-refractivity contribution >= 4 is 16.0 Å². The molecule has 2 saturated carbocycles. The number of aromatic nitrogens is 2. The zero-order valence-electron chi connectivity index (χ0n) is 17.5. The third-order valence-electron chi connectivity index (χ3n) is 6.64. The van der Waals surface area contributed by atoms with Crippen LogP contribution in [-0.4, -0.2) is 37.7 Å². The molecule has 162 valence electrons. The summed E-state index contributed by atoms with van der Waals surface area (Å²) < 4.78 is 34.5. The van der Waals surface area contributed by atoms with Gasteiger partial charge < -0.3 is 4.74 Å². The van der Waals surface area contributed by atoms with E-state index in [-0.39, 0.29) is 16.8 Å². The number of carbonyl (C=O) groups excluding carboxylic acids is 1. The molecule has 0 saturated heterocycles. The smallest absolute Gasteiger partial charge is 0.316 e. The van der Waals surface area contributed by atoms with Gasteiger partial charge in [0.15, 0.2) is 0 Å². The molecule has 0 N–H and O–H groups in total. The van der Waals surface area contributed by atoms with Gasteiger partial charge in [-0.05, 0) is 42.4 Å². The largest absolute Gasteiger partial charge is 0.468 e. The first-order valence-electron chi connectivity index (χ1n) is 10.6. The second kappa shape index (κ2) is 8.06. The monoisotopic (exact) mass is 431 g/mol. The molecule has 2 aliphatic carbocycles. The highest BCUT2D eigenvalue weighted by molar-refractivity contribution is 7.92. The summed E-state index contributed by atoms with van der Waals surface area (Å²) in [5, 5.41) is 0. The molecule has 2 fully saturated rings. The van der Waals surface area contributed by atoms with Gasteiger partial charge in [0.1, 0.15) is 6.33 Å². The molecule has 7 nitrogen and oxygen atoms in total. The summed E-state index contributed by atoms with van der Waals surface area (Å²) in [6.45, 7) is 2.27. The maximum atomic E-state index is 13.2. The lowest BCUT2D eigenvalue weighted by atomic mass is 9.87. The molecular formula is C22H29N3O4S. The molecule has 30 heavy (non-hydrogen) atoms. The third kappa shape index (κ3) is 3.41. The Bertz CT molecular complexity index is 982. The van der Waals surface area contributed by atoms with Crippen molar-refractivity contribution in [2.45, 2.75) is 55.8 Å². The van der Waals surface area contributed by atoms with Gasteiger partial charge in [-0.15, -0.1) is 0 Å². The van der Waals surface area contributed by atoms with Crippen LogP contribution in [0.4, 0.5) is 0 Å². The van der Waals surface area contributed by atoms with Crippen LogP contribution in [0, 0.1) is 11.8 Å². The number of sulfonamides is 1. The number of imidazole rings is 1. The second-order valence-corrected chi connectivity index (χ2v) is 10.2. The molecule has 1 aromatic heterocycles. The number of benzene rings is 1. The van der Waals surface area contributed by atoms with Crippen molar-refractivity contribution in [3.63, 3.8) is 0 Å². The van der Waals surface area contributed by atoms with Gasteiger partial charge in [0.05, 0.1) is 24.0 Å². The Kier molecular flexibility index (Phi) is 5.61. The van der Waals surface area contributed by atoms with Crippen LogP contribution in [0.25, 0.3) is 0 Å². The summed E-state index contributed by atoms with van der Waals surface area (Å²) in [4.78, 5) is 16.9. The molecule has 0 aliphatic heterocycles.